The molecule has 0 unspecified atom stereocenters. The second kappa shape index (κ2) is 11.1. The number of hydrogen-bond acceptors (Lipinski definition) is 9. The first-order valence-electron chi connectivity index (χ1n) is 9.67. The molecule has 0 aliphatic heterocycles. The Morgan fingerprint density at radius 1 is 1.14 bits per heavy atom. The molecule has 186 valence electrons. The smallest absolute Gasteiger partial charge is 0.395 e. The van der Waals surface area contributed by atoms with Crippen molar-refractivity contribution in [2.75, 3.05) is 23.8 Å². The molecule has 35 heavy (non-hydrogen) atoms. The predicted molar refractivity (Wildman–Crippen MR) is 123 cm³/mol. The Kier molecular flexibility index (Phi) is 8.43. The van der Waals surface area contributed by atoms with E-state index in [1.165, 1.54) is 6.20 Å². The van der Waals surface area contributed by atoms with Crippen LogP contribution in [0.25, 0.3) is 0 Å². The number of pyridine rings is 1. The van der Waals surface area contributed by atoms with E-state index >= 15 is 0 Å². The first kappa shape index (κ1) is 26.5. The molecule has 3 aromatic heterocycles. The Balaban J connectivity index is 1.69. The zero-order chi connectivity index (χ0) is 25.8. The summed E-state index contributed by atoms with van der Waals surface area (Å²) in [7, 11) is 0. The van der Waals surface area contributed by atoms with Crippen LogP contribution in [-0.4, -0.2) is 50.0 Å². The molecule has 1 atom stereocenters. The van der Waals surface area contributed by atoms with Crippen LogP contribution in [0.4, 0.5) is 24.8 Å². The minimum absolute atomic E-state index is 0.0430. The minimum atomic E-state index is -4.72. The van der Waals surface area contributed by atoms with Crippen molar-refractivity contribution in [2.24, 2.45) is 0 Å². The average Bonchev–Trinajstić information content (AvgIpc) is 3.29. The SMILES string of the molecule is C[C@@H](NC(=O)c1ncnc(NCCO)c1Cl)c1ncc(C(=O)Nc2cc(C(F)(F)F)c(Cl)cn2)s1. The summed E-state index contributed by atoms with van der Waals surface area (Å²) in [4.78, 5) is 40.7. The summed E-state index contributed by atoms with van der Waals surface area (Å²) < 4.78 is 39.0. The van der Waals surface area contributed by atoms with E-state index in [1.54, 1.807) is 6.92 Å². The Bertz CT molecular complexity index is 1240. The van der Waals surface area contributed by atoms with Gasteiger partial charge in [-0.05, 0) is 13.0 Å². The zero-order valence-electron chi connectivity index (χ0n) is 17.7. The second-order valence-electron chi connectivity index (χ2n) is 6.79. The van der Waals surface area contributed by atoms with Crippen LogP contribution >= 0.6 is 34.5 Å². The first-order chi connectivity index (χ1) is 16.5. The van der Waals surface area contributed by atoms with E-state index < -0.39 is 34.6 Å². The highest BCUT2D eigenvalue weighted by molar-refractivity contribution is 7.13. The number of nitrogens with zero attached hydrogens (tertiary/aromatic N) is 4. The lowest BCUT2D eigenvalue weighted by Crippen LogP contribution is -2.28. The Labute approximate surface area is 209 Å². The highest BCUT2D eigenvalue weighted by Crippen LogP contribution is 2.35. The molecule has 0 saturated heterocycles. The van der Waals surface area contributed by atoms with Gasteiger partial charge in [-0.3, -0.25) is 9.59 Å². The van der Waals surface area contributed by atoms with Gasteiger partial charge in [0, 0.05) is 12.7 Å². The van der Waals surface area contributed by atoms with Crippen molar-refractivity contribution in [1.29, 1.82) is 0 Å². The van der Waals surface area contributed by atoms with E-state index in [2.05, 4.69) is 35.9 Å². The van der Waals surface area contributed by atoms with Crippen LogP contribution in [0.3, 0.4) is 0 Å². The van der Waals surface area contributed by atoms with Crippen molar-refractivity contribution in [3.8, 4) is 0 Å². The molecule has 3 aromatic rings. The van der Waals surface area contributed by atoms with Crippen LogP contribution in [0.2, 0.25) is 10.0 Å². The fourth-order valence-corrected chi connectivity index (χ4v) is 3.92. The Hall–Kier alpha value is -3.07. The quantitative estimate of drug-likeness (QED) is 0.332. The van der Waals surface area contributed by atoms with E-state index in [-0.39, 0.29) is 40.4 Å². The summed E-state index contributed by atoms with van der Waals surface area (Å²) in [6, 6.07) is -0.0420. The van der Waals surface area contributed by atoms with Crippen molar-refractivity contribution in [2.45, 2.75) is 19.1 Å². The van der Waals surface area contributed by atoms with Gasteiger partial charge in [0.25, 0.3) is 11.8 Å². The van der Waals surface area contributed by atoms with Crippen molar-refractivity contribution >= 4 is 58.0 Å². The van der Waals surface area contributed by atoms with Crippen LogP contribution in [0.1, 0.15) is 43.7 Å². The lowest BCUT2D eigenvalue weighted by Gasteiger charge is -2.13. The third-order valence-electron chi connectivity index (χ3n) is 4.28. The summed E-state index contributed by atoms with van der Waals surface area (Å²) in [6.45, 7) is 1.60. The van der Waals surface area contributed by atoms with Gasteiger partial charge < -0.3 is 21.1 Å². The third kappa shape index (κ3) is 6.54. The number of anilines is 2. The molecule has 0 aliphatic rings. The van der Waals surface area contributed by atoms with Gasteiger partial charge in [0.15, 0.2) is 5.69 Å². The van der Waals surface area contributed by atoms with Crippen LogP contribution < -0.4 is 16.0 Å². The van der Waals surface area contributed by atoms with Crippen molar-refractivity contribution in [3.05, 3.63) is 56.0 Å². The molecule has 0 bridgehead atoms. The van der Waals surface area contributed by atoms with Gasteiger partial charge in [-0.25, -0.2) is 19.9 Å². The zero-order valence-corrected chi connectivity index (χ0v) is 20.0. The summed E-state index contributed by atoms with van der Waals surface area (Å²) in [5.74, 6) is -1.55. The molecule has 0 saturated carbocycles. The first-order valence-corrected chi connectivity index (χ1v) is 11.2. The largest absolute Gasteiger partial charge is 0.418 e. The number of aromatic nitrogens is 4. The number of hydrogen-bond donors (Lipinski definition) is 4. The summed E-state index contributed by atoms with van der Waals surface area (Å²) in [5.41, 5.74) is -1.25. The highest BCUT2D eigenvalue weighted by atomic mass is 35.5. The van der Waals surface area contributed by atoms with Gasteiger partial charge in [-0.1, -0.05) is 23.2 Å². The highest BCUT2D eigenvalue weighted by Gasteiger charge is 2.34. The maximum Gasteiger partial charge on any atom is 0.418 e. The Morgan fingerprint density at radius 3 is 2.57 bits per heavy atom. The standard InChI is InChI=1S/C19H16Cl2F3N7O3S/c1-8(30-17(34)14-13(21)15(25-2-3-32)29-7-28-14)18-27-6-11(35-18)16(33)31-12-4-9(19(22,23)24)10(20)5-26-12/h4-8,32H,2-3H2,1H3,(H,30,34)(H,25,28,29)(H,26,31,33)/t8-/m1/s1. The normalized spacial score (nSPS) is 12.2. The number of thiazole rings is 1. The molecule has 0 aromatic carbocycles. The molecule has 0 aliphatic carbocycles. The van der Waals surface area contributed by atoms with Gasteiger partial charge >= 0.3 is 6.18 Å². The van der Waals surface area contributed by atoms with E-state index in [0.29, 0.717) is 11.1 Å². The number of aliphatic hydroxyl groups is 1. The van der Waals surface area contributed by atoms with Gasteiger partial charge in [-0.15, -0.1) is 11.3 Å². The van der Waals surface area contributed by atoms with Crippen molar-refractivity contribution in [3.63, 3.8) is 0 Å². The molecule has 4 N–H and O–H groups in total. The lowest BCUT2D eigenvalue weighted by molar-refractivity contribution is -0.137. The fourth-order valence-electron chi connectivity index (χ4n) is 2.65. The van der Waals surface area contributed by atoms with Crippen molar-refractivity contribution in [1.82, 2.24) is 25.3 Å². The van der Waals surface area contributed by atoms with Crippen LogP contribution in [-0.2, 0) is 6.18 Å². The van der Waals surface area contributed by atoms with E-state index in [9.17, 15) is 22.8 Å². The molecular weight excluding hydrogens is 534 g/mol. The second-order valence-corrected chi connectivity index (χ2v) is 8.64. The average molecular weight is 550 g/mol. The van der Waals surface area contributed by atoms with E-state index in [1.807, 2.05) is 0 Å². The summed E-state index contributed by atoms with van der Waals surface area (Å²) in [6.07, 6.45) is -1.58. The van der Waals surface area contributed by atoms with E-state index in [4.69, 9.17) is 28.3 Å². The molecule has 3 rings (SSSR count). The fraction of sp³-hybridized carbons (Fsp3) is 0.263. The number of carbonyl (C=O) groups excluding carboxylic acids is 2. The van der Waals surface area contributed by atoms with Gasteiger partial charge in [0.05, 0.1) is 29.4 Å². The molecule has 0 radical (unpaired) electrons. The van der Waals surface area contributed by atoms with Crippen LogP contribution in [0.15, 0.2) is 24.8 Å². The topological polar surface area (TPSA) is 142 Å². The van der Waals surface area contributed by atoms with Crippen LogP contribution in [0.5, 0.6) is 0 Å². The molecule has 0 fully saturated rings. The van der Waals surface area contributed by atoms with Gasteiger partial charge in [0.1, 0.15) is 32.9 Å². The van der Waals surface area contributed by atoms with E-state index in [0.717, 1.165) is 23.9 Å². The maximum atomic E-state index is 13.0. The molecule has 10 nitrogen and oxygen atoms in total. The predicted octanol–water partition coefficient (Wildman–Crippen LogP) is 3.80. The lowest BCUT2D eigenvalue weighted by atomic mass is 10.2. The number of alkyl halides is 3. The van der Waals surface area contributed by atoms with Crippen LogP contribution in [0, 0.1) is 0 Å². The number of aliphatic hydroxyl groups excluding tert-OH is 1. The third-order valence-corrected chi connectivity index (χ3v) is 6.11. The number of carbonyl (C=O) groups is 2. The van der Waals surface area contributed by atoms with Gasteiger partial charge in [0.2, 0.25) is 0 Å². The number of halogens is 5. The number of amides is 2. The minimum Gasteiger partial charge on any atom is -0.395 e. The molecule has 16 heteroatoms. The molecule has 2 amide bonds. The maximum absolute atomic E-state index is 13.0. The van der Waals surface area contributed by atoms with Gasteiger partial charge in [-0.2, -0.15) is 13.2 Å². The monoisotopic (exact) mass is 549 g/mol. The molecule has 0 spiro atoms. The number of nitrogens with one attached hydrogen (secondary N) is 3. The molecular formula is C19H16Cl2F3N7O3S. The molecule has 3 heterocycles. The Morgan fingerprint density at radius 2 is 1.89 bits per heavy atom. The summed E-state index contributed by atoms with van der Waals surface area (Å²) >= 11 is 12.6. The summed E-state index contributed by atoms with van der Waals surface area (Å²) in [5, 5.41) is 16.3. The van der Waals surface area contributed by atoms with Crippen molar-refractivity contribution < 1.29 is 27.9 Å². The number of rotatable bonds is 8.